The topological polar surface area (TPSA) is 59.0 Å². The molecule has 5 nitrogen and oxygen atoms in total. The highest BCUT2D eigenvalue weighted by atomic mass is 35.5. The van der Waals surface area contributed by atoms with E-state index in [4.69, 9.17) is 28.9 Å². The van der Waals surface area contributed by atoms with Crippen molar-refractivity contribution in [2.75, 3.05) is 0 Å². The van der Waals surface area contributed by atoms with Crippen LogP contribution in [0.2, 0.25) is 5.02 Å². The van der Waals surface area contributed by atoms with Crippen LogP contribution in [0.1, 0.15) is 5.56 Å². The van der Waals surface area contributed by atoms with Gasteiger partial charge in [-0.25, -0.2) is 4.68 Å². The highest BCUT2D eigenvalue weighted by Crippen LogP contribution is 2.27. The maximum Gasteiger partial charge on any atom is 0.273 e. The molecule has 128 valence electrons. The number of nitrogens with one attached hydrogen (secondary N) is 2. The Hall–Kier alpha value is -2.96. The second kappa shape index (κ2) is 6.74. The fourth-order valence-electron chi connectivity index (χ4n) is 2.68. The quantitative estimate of drug-likeness (QED) is 0.539. The predicted molar refractivity (Wildman–Crippen MR) is 106 cm³/mol. The SMILES string of the molecule is O=C1NC(=S)NC1=Cc1cn(-c2ccccc2)nc1-c1ccc(Cl)cc1. The lowest BCUT2D eigenvalue weighted by molar-refractivity contribution is -0.115. The highest BCUT2D eigenvalue weighted by molar-refractivity contribution is 7.80. The third-order valence-electron chi connectivity index (χ3n) is 3.90. The molecule has 0 radical (unpaired) electrons. The summed E-state index contributed by atoms with van der Waals surface area (Å²) in [7, 11) is 0. The summed E-state index contributed by atoms with van der Waals surface area (Å²) in [6, 6.07) is 17.2. The average molecular weight is 381 g/mol. The first-order chi connectivity index (χ1) is 12.6. The van der Waals surface area contributed by atoms with Crippen molar-refractivity contribution >= 4 is 40.9 Å². The Kier molecular flexibility index (Phi) is 4.28. The third kappa shape index (κ3) is 3.24. The predicted octanol–water partition coefficient (Wildman–Crippen LogP) is 3.54. The first-order valence-electron chi connectivity index (χ1n) is 7.85. The van der Waals surface area contributed by atoms with Crippen LogP contribution in [0.15, 0.2) is 66.5 Å². The molecule has 0 spiro atoms. The first kappa shape index (κ1) is 16.5. The monoisotopic (exact) mass is 380 g/mol. The minimum Gasteiger partial charge on any atom is -0.328 e. The molecule has 1 aliphatic heterocycles. The molecule has 0 atom stereocenters. The average Bonchev–Trinajstić information content (AvgIpc) is 3.20. The van der Waals surface area contributed by atoms with Gasteiger partial charge in [-0.05, 0) is 42.6 Å². The van der Waals surface area contributed by atoms with Gasteiger partial charge in [-0.3, -0.25) is 10.1 Å². The van der Waals surface area contributed by atoms with Gasteiger partial charge in [0.1, 0.15) is 11.4 Å². The number of amides is 1. The normalized spacial score (nSPS) is 15.2. The van der Waals surface area contributed by atoms with Crippen molar-refractivity contribution in [2.45, 2.75) is 0 Å². The lowest BCUT2D eigenvalue weighted by atomic mass is 10.1. The van der Waals surface area contributed by atoms with Crippen molar-refractivity contribution in [3.63, 3.8) is 0 Å². The summed E-state index contributed by atoms with van der Waals surface area (Å²) >= 11 is 11.0. The number of thiocarbonyl (C=S) groups is 1. The van der Waals surface area contributed by atoms with Gasteiger partial charge in [0.25, 0.3) is 5.91 Å². The van der Waals surface area contributed by atoms with Gasteiger partial charge in [-0.2, -0.15) is 5.10 Å². The van der Waals surface area contributed by atoms with Crippen molar-refractivity contribution in [3.8, 4) is 16.9 Å². The molecule has 0 bridgehead atoms. The van der Waals surface area contributed by atoms with E-state index < -0.39 is 0 Å². The molecule has 1 aliphatic rings. The molecule has 2 heterocycles. The van der Waals surface area contributed by atoms with E-state index in [1.807, 2.05) is 60.8 Å². The van der Waals surface area contributed by atoms with Gasteiger partial charge in [0.2, 0.25) is 0 Å². The Morgan fingerprint density at radius 3 is 2.42 bits per heavy atom. The Labute approximate surface area is 160 Å². The van der Waals surface area contributed by atoms with E-state index in [0.717, 1.165) is 22.5 Å². The summed E-state index contributed by atoms with van der Waals surface area (Å²) in [5.41, 5.74) is 3.74. The Bertz CT molecular complexity index is 1030. The number of hydrogen-bond donors (Lipinski definition) is 2. The number of halogens is 1. The number of carbonyl (C=O) groups is 1. The summed E-state index contributed by atoms with van der Waals surface area (Å²) in [5, 5.41) is 11.1. The summed E-state index contributed by atoms with van der Waals surface area (Å²) < 4.78 is 1.78. The van der Waals surface area contributed by atoms with Crippen LogP contribution in [-0.4, -0.2) is 20.8 Å². The molecule has 2 aromatic carbocycles. The second-order valence-electron chi connectivity index (χ2n) is 5.69. The number of nitrogens with zero attached hydrogens (tertiary/aromatic N) is 2. The zero-order valence-electron chi connectivity index (χ0n) is 13.4. The van der Waals surface area contributed by atoms with E-state index in [1.54, 1.807) is 10.8 Å². The molecule has 7 heteroatoms. The largest absolute Gasteiger partial charge is 0.328 e. The summed E-state index contributed by atoms with van der Waals surface area (Å²) in [4.78, 5) is 12.0. The zero-order valence-corrected chi connectivity index (χ0v) is 15.0. The third-order valence-corrected chi connectivity index (χ3v) is 4.36. The van der Waals surface area contributed by atoms with Crippen LogP contribution in [-0.2, 0) is 4.79 Å². The van der Waals surface area contributed by atoms with Crippen molar-refractivity contribution < 1.29 is 4.79 Å². The van der Waals surface area contributed by atoms with Gasteiger partial charge in [-0.1, -0.05) is 41.9 Å². The summed E-state index contributed by atoms with van der Waals surface area (Å²) in [6.45, 7) is 0. The van der Waals surface area contributed by atoms with E-state index in [-0.39, 0.29) is 5.91 Å². The van der Waals surface area contributed by atoms with Crippen LogP contribution in [0.3, 0.4) is 0 Å². The van der Waals surface area contributed by atoms with Gasteiger partial charge in [0.15, 0.2) is 5.11 Å². The van der Waals surface area contributed by atoms with Crippen molar-refractivity contribution in [1.82, 2.24) is 20.4 Å². The molecule has 1 fully saturated rings. The van der Waals surface area contributed by atoms with Crippen LogP contribution >= 0.6 is 23.8 Å². The highest BCUT2D eigenvalue weighted by Gasteiger charge is 2.21. The first-order valence-corrected chi connectivity index (χ1v) is 8.64. The van der Waals surface area contributed by atoms with E-state index in [2.05, 4.69) is 10.6 Å². The number of benzene rings is 2. The molecular formula is C19H13ClN4OS. The van der Waals surface area contributed by atoms with Gasteiger partial charge in [0, 0.05) is 22.3 Å². The minimum atomic E-state index is -0.260. The standard InChI is InChI=1S/C19H13ClN4OS/c20-14-8-6-12(7-9-14)17-13(10-16-18(25)22-19(26)21-16)11-24(23-17)15-4-2-1-3-5-15/h1-11H,(H2,21,22,25,26). The fourth-order valence-corrected chi connectivity index (χ4v) is 3.00. The molecule has 3 aromatic rings. The van der Waals surface area contributed by atoms with Gasteiger partial charge >= 0.3 is 0 Å². The maximum atomic E-state index is 12.0. The number of carbonyl (C=O) groups excluding carboxylic acids is 1. The smallest absolute Gasteiger partial charge is 0.273 e. The molecule has 0 aliphatic carbocycles. The van der Waals surface area contributed by atoms with Crippen molar-refractivity contribution in [1.29, 1.82) is 0 Å². The van der Waals surface area contributed by atoms with Crippen LogP contribution < -0.4 is 10.6 Å². The maximum absolute atomic E-state index is 12.0. The molecule has 2 N–H and O–H groups in total. The molecule has 1 saturated heterocycles. The molecular weight excluding hydrogens is 368 g/mol. The lowest BCUT2D eigenvalue weighted by Crippen LogP contribution is -2.21. The van der Waals surface area contributed by atoms with Gasteiger partial charge in [0.05, 0.1) is 5.69 Å². The molecule has 4 rings (SSSR count). The number of aromatic nitrogens is 2. The Morgan fingerprint density at radius 1 is 1.04 bits per heavy atom. The molecule has 0 saturated carbocycles. The number of hydrogen-bond acceptors (Lipinski definition) is 3. The van der Waals surface area contributed by atoms with E-state index in [9.17, 15) is 4.79 Å². The van der Waals surface area contributed by atoms with Crippen LogP contribution in [0.25, 0.3) is 23.0 Å². The number of para-hydroxylation sites is 1. The molecule has 1 aromatic heterocycles. The minimum absolute atomic E-state index is 0.260. The zero-order chi connectivity index (χ0) is 18.1. The summed E-state index contributed by atoms with van der Waals surface area (Å²) in [6.07, 6.45) is 3.62. The number of rotatable bonds is 3. The van der Waals surface area contributed by atoms with Crippen molar-refractivity contribution in [3.05, 3.63) is 77.1 Å². The van der Waals surface area contributed by atoms with Gasteiger partial charge < -0.3 is 5.32 Å². The fraction of sp³-hybridized carbons (Fsp3) is 0. The Morgan fingerprint density at radius 2 is 1.77 bits per heavy atom. The van der Waals surface area contributed by atoms with E-state index in [0.29, 0.717) is 15.8 Å². The molecule has 1 amide bonds. The van der Waals surface area contributed by atoms with Crippen LogP contribution in [0, 0.1) is 0 Å². The van der Waals surface area contributed by atoms with Gasteiger partial charge in [-0.15, -0.1) is 0 Å². The molecule has 26 heavy (non-hydrogen) atoms. The van der Waals surface area contributed by atoms with Crippen LogP contribution in [0.5, 0.6) is 0 Å². The van der Waals surface area contributed by atoms with E-state index >= 15 is 0 Å². The Balaban J connectivity index is 1.84. The second-order valence-corrected chi connectivity index (χ2v) is 6.53. The van der Waals surface area contributed by atoms with Crippen molar-refractivity contribution in [2.24, 2.45) is 0 Å². The van der Waals surface area contributed by atoms with E-state index in [1.165, 1.54) is 0 Å². The van der Waals surface area contributed by atoms with Crippen LogP contribution in [0.4, 0.5) is 0 Å². The lowest BCUT2D eigenvalue weighted by Gasteiger charge is -2.01. The summed E-state index contributed by atoms with van der Waals surface area (Å²) in [5.74, 6) is -0.260. The molecule has 0 unspecified atom stereocenters.